The van der Waals surface area contributed by atoms with Crippen molar-refractivity contribution in [2.24, 2.45) is 5.73 Å². The van der Waals surface area contributed by atoms with Gasteiger partial charge in [-0.05, 0) is 30.7 Å². The molecule has 1 aromatic carbocycles. The third-order valence-corrected chi connectivity index (χ3v) is 2.73. The zero-order valence-electron chi connectivity index (χ0n) is 9.55. The predicted molar refractivity (Wildman–Crippen MR) is 65.7 cm³/mol. The molecule has 4 nitrogen and oxygen atoms in total. The number of carbonyl (C=O) groups is 1. The quantitative estimate of drug-likeness (QED) is 0.839. The number of fused-ring (bicyclic) bond motifs is 1. The number of benzene rings is 1. The van der Waals surface area contributed by atoms with Crippen LogP contribution in [-0.2, 0) is 11.2 Å². The van der Waals surface area contributed by atoms with Gasteiger partial charge in [0.1, 0.15) is 5.54 Å². The van der Waals surface area contributed by atoms with Gasteiger partial charge in [-0.15, -0.1) is 0 Å². The topological polar surface area (TPSA) is 76.2 Å². The van der Waals surface area contributed by atoms with Crippen molar-refractivity contribution in [3.05, 3.63) is 42.1 Å². The fraction of sp³-hybridized carbons (Fsp3) is 0.231. The number of nitrogens with two attached hydrogens (primary N) is 1. The average Bonchev–Trinajstić information content (AvgIpc) is 2.28. The van der Waals surface area contributed by atoms with Crippen molar-refractivity contribution < 1.29 is 9.90 Å². The van der Waals surface area contributed by atoms with E-state index >= 15 is 0 Å². The van der Waals surface area contributed by atoms with E-state index in [9.17, 15) is 4.79 Å². The molecule has 1 heterocycles. The SMILES string of the molecule is C[C@](N)(Cc1ccc2ncccc2c1)C(=O)O. The van der Waals surface area contributed by atoms with Crippen LogP contribution in [0.5, 0.6) is 0 Å². The second-order valence-corrected chi connectivity index (χ2v) is 4.43. The second kappa shape index (κ2) is 4.14. The van der Waals surface area contributed by atoms with E-state index in [1.54, 1.807) is 6.20 Å². The normalized spacial score (nSPS) is 14.5. The second-order valence-electron chi connectivity index (χ2n) is 4.43. The van der Waals surface area contributed by atoms with Gasteiger partial charge in [-0.2, -0.15) is 0 Å². The van der Waals surface area contributed by atoms with E-state index in [2.05, 4.69) is 4.98 Å². The third kappa shape index (κ3) is 2.42. The van der Waals surface area contributed by atoms with E-state index < -0.39 is 11.5 Å². The van der Waals surface area contributed by atoms with Crippen molar-refractivity contribution in [2.45, 2.75) is 18.9 Å². The summed E-state index contributed by atoms with van der Waals surface area (Å²) in [5.74, 6) is -0.996. The summed E-state index contributed by atoms with van der Waals surface area (Å²) in [7, 11) is 0. The molecule has 0 saturated heterocycles. The highest BCUT2D eigenvalue weighted by Gasteiger charge is 2.27. The Morgan fingerprint density at radius 1 is 1.47 bits per heavy atom. The Bertz CT molecular complexity index is 564. The average molecular weight is 230 g/mol. The van der Waals surface area contributed by atoms with E-state index in [0.29, 0.717) is 6.42 Å². The minimum atomic E-state index is -1.24. The zero-order chi connectivity index (χ0) is 12.5. The zero-order valence-corrected chi connectivity index (χ0v) is 9.55. The Morgan fingerprint density at radius 3 is 2.94 bits per heavy atom. The molecular weight excluding hydrogens is 216 g/mol. The molecule has 88 valence electrons. The Balaban J connectivity index is 2.34. The fourth-order valence-corrected chi connectivity index (χ4v) is 1.73. The summed E-state index contributed by atoms with van der Waals surface area (Å²) in [6, 6.07) is 9.47. The Kier molecular flexibility index (Phi) is 2.81. The number of aliphatic carboxylic acids is 1. The monoisotopic (exact) mass is 230 g/mol. The summed E-state index contributed by atoms with van der Waals surface area (Å²) in [5.41, 5.74) is 6.27. The highest BCUT2D eigenvalue weighted by Crippen LogP contribution is 2.17. The van der Waals surface area contributed by atoms with Crippen LogP contribution < -0.4 is 5.73 Å². The lowest BCUT2D eigenvalue weighted by atomic mass is 9.93. The number of aromatic nitrogens is 1. The molecule has 4 heteroatoms. The molecule has 2 rings (SSSR count). The highest BCUT2D eigenvalue weighted by molar-refractivity contribution is 5.81. The minimum Gasteiger partial charge on any atom is -0.480 e. The Labute approximate surface area is 99.1 Å². The van der Waals surface area contributed by atoms with Crippen LogP contribution in [-0.4, -0.2) is 21.6 Å². The van der Waals surface area contributed by atoms with Crippen LogP contribution >= 0.6 is 0 Å². The van der Waals surface area contributed by atoms with Gasteiger partial charge in [0.05, 0.1) is 5.52 Å². The first-order chi connectivity index (χ1) is 7.99. The minimum absolute atomic E-state index is 0.299. The third-order valence-electron chi connectivity index (χ3n) is 2.73. The van der Waals surface area contributed by atoms with E-state index in [-0.39, 0.29) is 0 Å². The van der Waals surface area contributed by atoms with E-state index in [0.717, 1.165) is 16.5 Å². The maximum absolute atomic E-state index is 11.0. The summed E-state index contributed by atoms with van der Waals surface area (Å²) in [5, 5.41) is 9.97. The van der Waals surface area contributed by atoms with Crippen LogP contribution in [0.25, 0.3) is 10.9 Å². The molecule has 3 N–H and O–H groups in total. The predicted octanol–water partition coefficient (Wildman–Crippen LogP) is 1.58. The van der Waals surface area contributed by atoms with Gasteiger partial charge >= 0.3 is 5.97 Å². The number of hydrogen-bond donors (Lipinski definition) is 2. The number of carboxylic acids is 1. The summed E-state index contributed by atoms with van der Waals surface area (Å²) >= 11 is 0. The first-order valence-corrected chi connectivity index (χ1v) is 5.35. The van der Waals surface area contributed by atoms with Crippen molar-refractivity contribution in [3.63, 3.8) is 0 Å². The molecule has 0 fully saturated rings. The van der Waals surface area contributed by atoms with Crippen LogP contribution in [0.4, 0.5) is 0 Å². The molecule has 17 heavy (non-hydrogen) atoms. The lowest BCUT2D eigenvalue weighted by Gasteiger charge is -2.19. The molecule has 1 aromatic heterocycles. The van der Waals surface area contributed by atoms with Crippen molar-refractivity contribution in [3.8, 4) is 0 Å². The van der Waals surface area contributed by atoms with Crippen molar-refractivity contribution in [2.75, 3.05) is 0 Å². The maximum Gasteiger partial charge on any atom is 0.323 e. The molecule has 0 saturated carbocycles. The molecule has 0 aliphatic heterocycles. The van der Waals surface area contributed by atoms with Crippen LogP contribution in [0.1, 0.15) is 12.5 Å². The molecule has 0 aliphatic rings. The number of pyridine rings is 1. The van der Waals surface area contributed by atoms with Crippen molar-refractivity contribution >= 4 is 16.9 Å². The summed E-state index contributed by atoms with van der Waals surface area (Å²) in [6.45, 7) is 1.52. The number of carboxylic acid groups (broad SMARTS) is 1. The standard InChI is InChI=1S/C13H14N2O2/c1-13(14,12(16)17)8-9-4-5-11-10(7-9)3-2-6-15-11/h2-7H,8,14H2,1H3,(H,16,17)/t13-/m0/s1. The van der Waals surface area contributed by atoms with Gasteiger partial charge < -0.3 is 10.8 Å². The molecule has 0 unspecified atom stereocenters. The van der Waals surface area contributed by atoms with Crippen LogP contribution in [0.3, 0.4) is 0 Å². The van der Waals surface area contributed by atoms with Gasteiger partial charge in [-0.1, -0.05) is 12.1 Å². The largest absolute Gasteiger partial charge is 0.480 e. The van der Waals surface area contributed by atoms with E-state index in [1.165, 1.54) is 6.92 Å². The molecule has 2 aromatic rings. The maximum atomic E-state index is 11.0. The Hall–Kier alpha value is -1.94. The first-order valence-electron chi connectivity index (χ1n) is 5.35. The number of nitrogens with zero attached hydrogens (tertiary/aromatic N) is 1. The molecule has 0 spiro atoms. The molecule has 0 aliphatic carbocycles. The van der Waals surface area contributed by atoms with Crippen LogP contribution in [0.2, 0.25) is 0 Å². The van der Waals surface area contributed by atoms with Gasteiger partial charge in [-0.25, -0.2) is 0 Å². The molecule has 0 radical (unpaired) electrons. The van der Waals surface area contributed by atoms with E-state index in [1.807, 2.05) is 30.3 Å². The lowest BCUT2D eigenvalue weighted by molar-refractivity contribution is -0.142. The van der Waals surface area contributed by atoms with E-state index in [4.69, 9.17) is 10.8 Å². The molecule has 0 amide bonds. The highest BCUT2D eigenvalue weighted by atomic mass is 16.4. The van der Waals surface area contributed by atoms with Crippen molar-refractivity contribution in [1.82, 2.24) is 4.98 Å². The molecular formula is C13H14N2O2. The van der Waals surface area contributed by atoms with Gasteiger partial charge in [0.15, 0.2) is 0 Å². The Morgan fingerprint density at radius 2 is 2.24 bits per heavy atom. The van der Waals surface area contributed by atoms with Crippen LogP contribution in [0.15, 0.2) is 36.5 Å². The lowest BCUT2D eigenvalue weighted by Crippen LogP contribution is -2.46. The van der Waals surface area contributed by atoms with Crippen molar-refractivity contribution in [1.29, 1.82) is 0 Å². The summed E-state index contributed by atoms with van der Waals surface area (Å²) in [6.07, 6.45) is 2.03. The summed E-state index contributed by atoms with van der Waals surface area (Å²) < 4.78 is 0. The molecule has 1 atom stereocenters. The first kappa shape index (κ1) is 11.5. The summed E-state index contributed by atoms with van der Waals surface area (Å²) in [4.78, 5) is 15.2. The van der Waals surface area contributed by atoms with Gasteiger partial charge in [0.2, 0.25) is 0 Å². The fourth-order valence-electron chi connectivity index (χ4n) is 1.73. The van der Waals surface area contributed by atoms with Crippen LogP contribution in [0, 0.1) is 0 Å². The number of hydrogen-bond acceptors (Lipinski definition) is 3. The molecule has 0 bridgehead atoms. The smallest absolute Gasteiger partial charge is 0.323 e. The number of rotatable bonds is 3. The van der Waals surface area contributed by atoms with Gasteiger partial charge in [0, 0.05) is 18.0 Å². The van der Waals surface area contributed by atoms with Gasteiger partial charge in [-0.3, -0.25) is 9.78 Å². The van der Waals surface area contributed by atoms with Gasteiger partial charge in [0.25, 0.3) is 0 Å².